The van der Waals surface area contributed by atoms with Crippen molar-refractivity contribution in [3.8, 4) is 0 Å². The van der Waals surface area contributed by atoms with Gasteiger partial charge >= 0.3 is 0 Å². The van der Waals surface area contributed by atoms with Crippen molar-refractivity contribution in [3.63, 3.8) is 0 Å². The van der Waals surface area contributed by atoms with Gasteiger partial charge in [0, 0.05) is 6.61 Å². The van der Waals surface area contributed by atoms with Crippen LogP contribution in [-0.2, 0) is 16.1 Å². The van der Waals surface area contributed by atoms with Gasteiger partial charge in [0.05, 0.1) is 30.0 Å². The third-order valence-electron chi connectivity index (χ3n) is 2.91. The zero-order valence-electron chi connectivity index (χ0n) is 9.82. The van der Waals surface area contributed by atoms with Gasteiger partial charge in [-0.25, -0.2) is 0 Å². The van der Waals surface area contributed by atoms with Gasteiger partial charge in [0.25, 0.3) is 0 Å². The average molecular weight is 256 g/mol. The lowest BCUT2D eigenvalue weighted by molar-refractivity contribution is -0.0447. The molecule has 2 N–H and O–H groups in total. The Bertz CT molecular complexity index is 364. The maximum atomic E-state index is 5.85. The molecule has 0 bridgehead atoms. The highest BCUT2D eigenvalue weighted by Gasteiger charge is 2.13. The maximum absolute atomic E-state index is 5.85. The van der Waals surface area contributed by atoms with Crippen molar-refractivity contribution in [1.29, 1.82) is 0 Å². The molecule has 2 rings (SSSR count). The summed E-state index contributed by atoms with van der Waals surface area (Å²) in [6.07, 6.45) is 3.77. The summed E-state index contributed by atoms with van der Waals surface area (Å²) < 4.78 is 11.2. The van der Waals surface area contributed by atoms with Crippen molar-refractivity contribution in [2.24, 2.45) is 0 Å². The SMILES string of the molecule is Nc1cc(COCC2CCCCO2)ccc1Cl. The van der Waals surface area contributed by atoms with Crippen molar-refractivity contribution in [3.05, 3.63) is 28.8 Å². The smallest absolute Gasteiger partial charge is 0.0808 e. The molecule has 1 aliphatic heterocycles. The first-order valence-electron chi connectivity index (χ1n) is 5.99. The second-order valence-corrected chi connectivity index (χ2v) is 4.77. The van der Waals surface area contributed by atoms with E-state index in [9.17, 15) is 0 Å². The first kappa shape index (κ1) is 12.7. The quantitative estimate of drug-likeness (QED) is 0.842. The number of hydrogen-bond donors (Lipinski definition) is 1. The summed E-state index contributed by atoms with van der Waals surface area (Å²) in [6, 6.07) is 5.58. The highest BCUT2D eigenvalue weighted by atomic mass is 35.5. The zero-order chi connectivity index (χ0) is 12.1. The van der Waals surface area contributed by atoms with Crippen molar-refractivity contribution in [1.82, 2.24) is 0 Å². The number of benzene rings is 1. The summed E-state index contributed by atoms with van der Waals surface area (Å²) >= 11 is 5.85. The van der Waals surface area contributed by atoms with Gasteiger partial charge in [0.1, 0.15) is 0 Å². The Kier molecular flexibility index (Phi) is 4.66. The van der Waals surface area contributed by atoms with Crippen LogP contribution < -0.4 is 5.73 Å². The number of halogens is 1. The molecule has 1 saturated heterocycles. The van der Waals surface area contributed by atoms with Crippen molar-refractivity contribution in [2.75, 3.05) is 18.9 Å². The fourth-order valence-corrected chi connectivity index (χ4v) is 2.05. The van der Waals surface area contributed by atoms with E-state index in [2.05, 4.69) is 0 Å². The summed E-state index contributed by atoms with van der Waals surface area (Å²) in [7, 11) is 0. The van der Waals surface area contributed by atoms with E-state index < -0.39 is 0 Å². The molecule has 4 heteroatoms. The molecule has 0 saturated carbocycles. The molecule has 1 unspecified atom stereocenters. The third kappa shape index (κ3) is 3.87. The Morgan fingerprint density at radius 2 is 2.29 bits per heavy atom. The Hall–Kier alpha value is -0.770. The number of rotatable bonds is 4. The lowest BCUT2D eigenvalue weighted by atomic mass is 10.1. The molecule has 17 heavy (non-hydrogen) atoms. The molecule has 0 aromatic heterocycles. The van der Waals surface area contributed by atoms with Gasteiger partial charge in [-0.2, -0.15) is 0 Å². The van der Waals surface area contributed by atoms with E-state index >= 15 is 0 Å². The topological polar surface area (TPSA) is 44.5 Å². The number of nitrogens with two attached hydrogens (primary N) is 1. The summed E-state index contributed by atoms with van der Waals surface area (Å²) in [5.74, 6) is 0. The fraction of sp³-hybridized carbons (Fsp3) is 0.538. The van der Waals surface area contributed by atoms with Crippen LogP contribution >= 0.6 is 11.6 Å². The molecule has 0 spiro atoms. The van der Waals surface area contributed by atoms with Crippen LogP contribution in [-0.4, -0.2) is 19.3 Å². The van der Waals surface area contributed by atoms with Crippen LogP contribution in [0, 0.1) is 0 Å². The predicted molar refractivity (Wildman–Crippen MR) is 69.1 cm³/mol. The molecule has 1 aromatic rings. The Labute approximate surface area is 107 Å². The number of ether oxygens (including phenoxy) is 2. The minimum absolute atomic E-state index is 0.258. The molecular formula is C13H18ClNO2. The van der Waals surface area contributed by atoms with E-state index in [-0.39, 0.29) is 6.10 Å². The molecule has 3 nitrogen and oxygen atoms in total. The van der Waals surface area contributed by atoms with Crippen LogP contribution in [0.15, 0.2) is 18.2 Å². The Morgan fingerprint density at radius 1 is 1.41 bits per heavy atom. The summed E-state index contributed by atoms with van der Waals surface area (Å²) in [6.45, 7) is 2.08. The second-order valence-electron chi connectivity index (χ2n) is 4.36. The number of anilines is 1. The van der Waals surface area contributed by atoms with Crippen LogP contribution in [0.25, 0.3) is 0 Å². The summed E-state index contributed by atoms with van der Waals surface area (Å²) in [4.78, 5) is 0. The van der Waals surface area contributed by atoms with Crippen LogP contribution in [0.5, 0.6) is 0 Å². The highest BCUT2D eigenvalue weighted by molar-refractivity contribution is 6.33. The van der Waals surface area contributed by atoms with Crippen LogP contribution in [0.3, 0.4) is 0 Å². The standard InChI is InChI=1S/C13H18ClNO2/c14-12-5-4-10(7-13(12)15)8-16-9-11-3-1-2-6-17-11/h4-5,7,11H,1-3,6,8-9,15H2. The minimum Gasteiger partial charge on any atom is -0.398 e. The molecule has 1 aliphatic rings. The molecular weight excluding hydrogens is 238 g/mol. The van der Waals surface area contributed by atoms with Gasteiger partial charge in [-0.15, -0.1) is 0 Å². The molecule has 1 heterocycles. The number of hydrogen-bond acceptors (Lipinski definition) is 3. The van der Waals surface area contributed by atoms with Gasteiger partial charge in [-0.1, -0.05) is 17.7 Å². The zero-order valence-corrected chi connectivity index (χ0v) is 10.6. The first-order chi connectivity index (χ1) is 8.25. The highest BCUT2D eigenvalue weighted by Crippen LogP contribution is 2.20. The molecule has 1 atom stereocenters. The van der Waals surface area contributed by atoms with Crippen molar-refractivity contribution >= 4 is 17.3 Å². The Balaban J connectivity index is 1.75. The monoisotopic (exact) mass is 255 g/mol. The minimum atomic E-state index is 0.258. The molecule has 94 valence electrons. The molecule has 0 radical (unpaired) electrons. The first-order valence-corrected chi connectivity index (χ1v) is 6.37. The predicted octanol–water partition coefficient (Wildman–Crippen LogP) is 3.01. The largest absolute Gasteiger partial charge is 0.398 e. The third-order valence-corrected chi connectivity index (χ3v) is 3.25. The van der Waals surface area contributed by atoms with Crippen LogP contribution in [0.4, 0.5) is 5.69 Å². The maximum Gasteiger partial charge on any atom is 0.0808 e. The molecule has 1 aromatic carbocycles. The lowest BCUT2D eigenvalue weighted by Crippen LogP contribution is -2.24. The summed E-state index contributed by atoms with van der Waals surface area (Å²) in [5.41, 5.74) is 7.37. The molecule has 0 aliphatic carbocycles. The van der Waals surface area contributed by atoms with Gasteiger partial charge in [0.2, 0.25) is 0 Å². The summed E-state index contributed by atoms with van der Waals surface area (Å²) in [5, 5.41) is 0.587. The normalized spacial score (nSPS) is 20.4. The van der Waals surface area contributed by atoms with E-state index in [1.807, 2.05) is 12.1 Å². The van der Waals surface area contributed by atoms with Gasteiger partial charge in [-0.05, 0) is 37.0 Å². The van der Waals surface area contributed by atoms with Crippen LogP contribution in [0.1, 0.15) is 24.8 Å². The van der Waals surface area contributed by atoms with E-state index in [4.69, 9.17) is 26.8 Å². The molecule has 1 fully saturated rings. The van der Waals surface area contributed by atoms with E-state index in [1.54, 1.807) is 6.07 Å². The number of nitrogen functional groups attached to an aromatic ring is 1. The average Bonchev–Trinajstić information content (AvgIpc) is 2.35. The van der Waals surface area contributed by atoms with E-state index in [1.165, 1.54) is 12.8 Å². The fourth-order valence-electron chi connectivity index (χ4n) is 1.93. The van der Waals surface area contributed by atoms with E-state index in [0.29, 0.717) is 23.9 Å². The second kappa shape index (κ2) is 6.24. The van der Waals surface area contributed by atoms with Crippen LogP contribution in [0.2, 0.25) is 5.02 Å². The van der Waals surface area contributed by atoms with Crippen molar-refractivity contribution < 1.29 is 9.47 Å². The van der Waals surface area contributed by atoms with E-state index in [0.717, 1.165) is 18.6 Å². The van der Waals surface area contributed by atoms with Crippen molar-refractivity contribution in [2.45, 2.75) is 32.0 Å². The van der Waals surface area contributed by atoms with Gasteiger partial charge in [0.15, 0.2) is 0 Å². The van der Waals surface area contributed by atoms with Gasteiger partial charge in [-0.3, -0.25) is 0 Å². The van der Waals surface area contributed by atoms with Gasteiger partial charge < -0.3 is 15.2 Å². The lowest BCUT2D eigenvalue weighted by Gasteiger charge is -2.22. The Morgan fingerprint density at radius 3 is 3.00 bits per heavy atom. The molecule has 0 amide bonds.